The monoisotopic (exact) mass is 604 g/mol. The Balaban J connectivity index is 2.05. The van der Waals surface area contributed by atoms with E-state index in [0.29, 0.717) is 0 Å². The molecule has 42 heavy (non-hydrogen) atoms. The second-order valence-corrected chi connectivity index (χ2v) is 9.62. The third kappa shape index (κ3) is 7.92. The molecule has 3 saturated heterocycles. The largest absolute Gasteiger partial charge is 0.463 e. The normalized spacial score (nSPS) is 33.4. The standard InChI is InChI=1S/C25H32O17/c1-10(26)33-8-16-19(35-12(3)28)21(37-14(5)30)22(38-15(6)31)24(39-16)42-25-7-18(32)40-23(25)20(36-13(4)29)17(41-25)9-34-11(2)27/h16-17,19-24H,7-9H2,1-6H3/t16-,17-,19-,20-,21+,22-,23+,24-,25+/m1/s1. The summed E-state index contributed by atoms with van der Waals surface area (Å²) in [6, 6.07) is 0. The molecule has 234 valence electrons. The second kappa shape index (κ2) is 13.4. The van der Waals surface area contributed by atoms with Crippen molar-refractivity contribution in [1.82, 2.24) is 0 Å². The molecule has 0 radical (unpaired) electrons. The lowest BCUT2D eigenvalue weighted by molar-refractivity contribution is -0.370. The lowest BCUT2D eigenvalue weighted by Crippen LogP contribution is -2.64. The van der Waals surface area contributed by atoms with E-state index in [-0.39, 0.29) is 0 Å². The number of esters is 7. The molecule has 0 spiro atoms. The molecule has 17 nitrogen and oxygen atoms in total. The van der Waals surface area contributed by atoms with Gasteiger partial charge in [-0.2, -0.15) is 0 Å². The summed E-state index contributed by atoms with van der Waals surface area (Å²) >= 11 is 0. The summed E-state index contributed by atoms with van der Waals surface area (Å²) in [7, 11) is 0. The molecule has 3 rings (SSSR count). The summed E-state index contributed by atoms with van der Waals surface area (Å²) in [5, 5.41) is 0. The lowest BCUT2D eigenvalue weighted by Gasteiger charge is -2.45. The number of fused-ring (bicyclic) bond motifs is 1. The van der Waals surface area contributed by atoms with Crippen molar-refractivity contribution in [2.45, 2.75) is 103 Å². The average molecular weight is 605 g/mol. The first kappa shape index (κ1) is 32.7. The maximum absolute atomic E-state index is 12.5. The first-order chi connectivity index (χ1) is 19.6. The van der Waals surface area contributed by atoms with Crippen LogP contribution in [0, 0.1) is 0 Å². The molecule has 3 aliphatic rings. The molecule has 3 fully saturated rings. The van der Waals surface area contributed by atoms with E-state index in [1.165, 1.54) is 0 Å². The van der Waals surface area contributed by atoms with Crippen LogP contribution >= 0.6 is 0 Å². The highest BCUT2D eigenvalue weighted by molar-refractivity contribution is 5.74. The van der Waals surface area contributed by atoms with Gasteiger partial charge in [-0.25, -0.2) is 0 Å². The molecule has 3 aliphatic heterocycles. The van der Waals surface area contributed by atoms with E-state index in [1.807, 2.05) is 0 Å². The van der Waals surface area contributed by atoms with Crippen LogP contribution in [0.15, 0.2) is 0 Å². The van der Waals surface area contributed by atoms with Crippen LogP contribution in [-0.2, 0) is 80.9 Å². The second-order valence-electron chi connectivity index (χ2n) is 9.62. The van der Waals surface area contributed by atoms with E-state index in [9.17, 15) is 33.6 Å². The Morgan fingerprint density at radius 3 is 1.67 bits per heavy atom. The number of carbonyl (C=O) groups excluding carboxylic acids is 7. The Bertz CT molecular complexity index is 1100. The van der Waals surface area contributed by atoms with E-state index >= 15 is 0 Å². The molecule has 0 aromatic carbocycles. The molecular formula is C25H32O17. The number of ether oxygens (including phenoxy) is 10. The summed E-state index contributed by atoms with van der Waals surface area (Å²) in [6.45, 7) is 5.53. The van der Waals surface area contributed by atoms with Crippen LogP contribution in [0.2, 0.25) is 0 Å². The molecule has 0 saturated carbocycles. The van der Waals surface area contributed by atoms with Gasteiger partial charge in [-0.3, -0.25) is 33.6 Å². The van der Waals surface area contributed by atoms with Crippen LogP contribution in [0.1, 0.15) is 48.0 Å². The van der Waals surface area contributed by atoms with Crippen molar-refractivity contribution < 1.29 is 80.9 Å². The molecule has 0 aliphatic carbocycles. The minimum absolute atomic E-state index is 0.426. The number of hydrogen-bond acceptors (Lipinski definition) is 17. The lowest BCUT2D eigenvalue weighted by atomic mass is 9.97. The van der Waals surface area contributed by atoms with E-state index in [4.69, 9.17) is 47.4 Å². The molecule has 0 aromatic rings. The van der Waals surface area contributed by atoms with Crippen molar-refractivity contribution in [3.63, 3.8) is 0 Å². The van der Waals surface area contributed by atoms with Gasteiger partial charge in [0.15, 0.2) is 30.5 Å². The maximum atomic E-state index is 12.5. The summed E-state index contributed by atoms with van der Waals surface area (Å²) in [5.41, 5.74) is 0. The quantitative estimate of drug-likeness (QED) is 0.216. The SMILES string of the molecule is CC(=O)OC[C@H]1O[C@]2(O[C@H]3O[C@H](COC(C)=O)[C@@H](OC(C)=O)[C@H](OC(C)=O)[C@H]3OC(C)=O)CC(=O)O[C@H]2[C@@H]1OC(C)=O. The van der Waals surface area contributed by atoms with Crippen LogP contribution < -0.4 is 0 Å². The number of rotatable bonds is 10. The van der Waals surface area contributed by atoms with Crippen molar-refractivity contribution >= 4 is 41.8 Å². The number of hydrogen-bond donors (Lipinski definition) is 0. The Morgan fingerprint density at radius 1 is 0.667 bits per heavy atom. The summed E-state index contributed by atoms with van der Waals surface area (Å²) in [5.74, 6) is -7.66. The fraction of sp³-hybridized carbons (Fsp3) is 0.720. The zero-order valence-electron chi connectivity index (χ0n) is 23.7. The van der Waals surface area contributed by atoms with Crippen molar-refractivity contribution in [2.24, 2.45) is 0 Å². The molecule has 9 atom stereocenters. The highest BCUT2D eigenvalue weighted by Gasteiger charge is 2.68. The minimum Gasteiger partial charge on any atom is -0.463 e. The predicted molar refractivity (Wildman–Crippen MR) is 127 cm³/mol. The molecular weight excluding hydrogens is 572 g/mol. The smallest absolute Gasteiger partial charge is 0.312 e. The van der Waals surface area contributed by atoms with Gasteiger partial charge in [0.2, 0.25) is 12.1 Å². The molecule has 0 bridgehead atoms. The molecule has 3 heterocycles. The van der Waals surface area contributed by atoms with Crippen molar-refractivity contribution in [1.29, 1.82) is 0 Å². The van der Waals surface area contributed by atoms with Gasteiger partial charge in [-0.05, 0) is 0 Å². The van der Waals surface area contributed by atoms with Crippen molar-refractivity contribution in [2.75, 3.05) is 13.2 Å². The van der Waals surface area contributed by atoms with Gasteiger partial charge in [0.25, 0.3) is 0 Å². The fourth-order valence-corrected chi connectivity index (χ4v) is 4.79. The van der Waals surface area contributed by atoms with Gasteiger partial charge in [0.05, 0.1) is 0 Å². The highest BCUT2D eigenvalue weighted by atomic mass is 16.8. The van der Waals surface area contributed by atoms with Crippen molar-refractivity contribution in [3.05, 3.63) is 0 Å². The van der Waals surface area contributed by atoms with E-state index in [0.717, 1.165) is 41.5 Å². The first-order valence-corrected chi connectivity index (χ1v) is 12.8. The van der Waals surface area contributed by atoms with Gasteiger partial charge in [0.1, 0.15) is 31.8 Å². The first-order valence-electron chi connectivity index (χ1n) is 12.8. The van der Waals surface area contributed by atoms with Gasteiger partial charge in [-0.1, -0.05) is 0 Å². The third-order valence-corrected chi connectivity index (χ3v) is 6.12. The van der Waals surface area contributed by atoms with E-state index in [2.05, 4.69) is 0 Å². The van der Waals surface area contributed by atoms with Gasteiger partial charge >= 0.3 is 41.8 Å². The van der Waals surface area contributed by atoms with Crippen molar-refractivity contribution in [3.8, 4) is 0 Å². The van der Waals surface area contributed by atoms with Gasteiger partial charge in [0, 0.05) is 41.5 Å². The van der Waals surface area contributed by atoms with Gasteiger partial charge < -0.3 is 47.4 Å². The fourth-order valence-electron chi connectivity index (χ4n) is 4.79. The average Bonchev–Trinajstić information content (AvgIpc) is 3.29. The topological polar surface area (TPSA) is 212 Å². The predicted octanol–water partition coefficient (Wildman–Crippen LogP) is -1.01. The van der Waals surface area contributed by atoms with E-state index < -0.39 is 116 Å². The van der Waals surface area contributed by atoms with Gasteiger partial charge in [-0.15, -0.1) is 0 Å². The summed E-state index contributed by atoms with van der Waals surface area (Å²) in [4.78, 5) is 83.6. The molecule has 0 N–H and O–H groups in total. The molecule has 17 heteroatoms. The summed E-state index contributed by atoms with van der Waals surface area (Å²) in [6.07, 6.45) is -12.2. The molecule has 0 aromatic heterocycles. The van der Waals surface area contributed by atoms with E-state index in [1.54, 1.807) is 0 Å². The van der Waals surface area contributed by atoms with Crippen LogP contribution in [0.3, 0.4) is 0 Å². The number of carbonyl (C=O) groups is 7. The summed E-state index contributed by atoms with van der Waals surface area (Å²) < 4.78 is 54.9. The zero-order chi connectivity index (χ0) is 31.4. The van der Waals surface area contributed by atoms with Crippen LogP contribution in [0.4, 0.5) is 0 Å². The Labute approximate surface area is 239 Å². The third-order valence-electron chi connectivity index (χ3n) is 6.12. The van der Waals surface area contributed by atoms with Crippen LogP contribution in [0.25, 0.3) is 0 Å². The Morgan fingerprint density at radius 2 is 1.14 bits per heavy atom. The Hall–Kier alpha value is -3.83. The molecule has 0 unspecified atom stereocenters. The highest BCUT2D eigenvalue weighted by Crippen LogP contribution is 2.46. The Kier molecular flexibility index (Phi) is 10.5. The van der Waals surface area contributed by atoms with Crippen LogP contribution in [-0.4, -0.2) is 110 Å². The zero-order valence-corrected chi connectivity index (χ0v) is 23.7. The van der Waals surface area contributed by atoms with Crippen LogP contribution in [0.5, 0.6) is 0 Å². The molecule has 0 amide bonds. The minimum atomic E-state index is -2.06. The maximum Gasteiger partial charge on any atom is 0.312 e.